The molecule has 0 saturated carbocycles. The van der Waals surface area contributed by atoms with E-state index in [0.717, 1.165) is 4.90 Å². The van der Waals surface area contributed by atoms with Crippen molar-refractivity contribution < 1.29 is 43.0 Å². The molecule has 0 aromatic carbocycles. The number of rotatable bonds is 16. The highest BCUT2D eigenvalue weighted by Gasteiger charge is 2.37. The Bertz CT molecular complexity index is 435. The van der Waals surface area contributed by atoms with Crippen LogP contribution in [-0.2, 0) is 27.7 Å². The number of carbonyl (C=O) groups excluding carboxylic acids is 3. The monoisotopic (exact) mass is 393 g/mol. The molecule has 0 N–H and O–H groups in total. The van der Waals surface area contributed by atoms with Gasteiger partial charge in [-0.05, 0) is 13.0 Å². The van der Waals surface area contributed by atoms with E-state index >= 15 is 0 Å². The minimum Gasteiger partial charge on any atom is -0.549 e. The maximum atomic E-state index is 10.9. The Morgan fingerprint density at radius 1 is 0.731 bits per heavy atom. The summed E-state index contributed by atoms with van der Waals surface area (Å²) in [6, 6.07) is 0.446. The van der Waals surface area contributed by atoms with Crippen molar-refractivity contribution in [3.8, 4) is 0 Å². The van der Waals surface area contributed by atoms with Crippen molar-refractivity contribution in [3.05, 3.63) is 0 Å². The summed E-state index contributed by atoms with van der Waals surface area (Å²) in [5.74, 6) is -4.17. The first-order valence-corrected chi connectivity index (χ1v) is 9.81. The minimum atomic E-state index is -2.78. The van der Waals surface area contributed by atoms with Gasteiger partial charge in [0.15, 0.2) is 0 Å². The first-order chi connectivity index (χ1) is 12.2. The fourth-order valence-corrected chi connectivity index (χ4v) is 4.09. The Balaban J connectivity index is 4.69. The van der Waals surface area contributed by atoms with Crippen LogP contribution in [0.2, 0.25) is 6.04 Å². The summed E-state index contributed by atoms with van der Waals surface area (Å²) >= 11 is 0. The predicted molar refractivity (Wildman–Crippen MR) is 84.1 cm³/mol. The van der Waals surface area contributed by atoms with Crippen LogP contribution in [0.4, 0.5) is 0 Å². The van der Waals surface area contributed by atoms with E-state index in [4.69, 9.17) is 13.3 Å². The molecule has 0 aromatic rings. The van der Waals surface area contributed by atoms with Crippen LogP contribution in [0.3, 0.4) is 0 Å². The van der Waals surface area contributed by atoms with Crippen LogP contribution < -0.4 is 15.3 Å². The van der Waals surface area contributed by atoms with Gasteiger partial charge in [0.05, 0.1) is 17.9 Å². The van der Waals surface area contributed by atoms with Crippen molar-refractivity contribution >= 4 is 26.7 Å². The number of nitrogens with zero attached hydrogens (tertiary/aromatic N) is 2. The van der Waals surface area contributed by atoms with Crippen LogP contribution in [0.25, 0.3) is 0 Å². The summed E-state index contributed by atoms with van der Waals surface area (Å²) in [6.45, 7) is -1.12. The first kappa shape index (κ1) is 24.4. The number of carboxylic acids is 3. The molecule has 0 aliphatic rings. The Labute approximate surface area is 153 Å². The van der Waals surface area contributed by atoms with Crippen molar-refractivity contribution in [2.24, 2.45) is 0 Å². The van der Waals surface area contributed by atoms with Crippen LogP contribution in [0.5, 0.6) is 0 Å². The second-order valence-electron chi connectivity index (χ2n) is 5.50. The third kappa shape index (κ3) is 10.4. The third-order valence-electron chi connectivity index (χ3n) is 3.68. The molecule has 0 radical (unpaired) electrons. The molecule has 26 heavy (non-hydrogen) atoms. The molecule has 0 heterocycles. The predicted octanol–water partition coefficient (Wildman–Crippen LogP) is -4.89. The zero-order chi connectivity index (χ0) is 20.2. The second-order valence-corrected chi connectivity index (χ2v) is 8.59. The lowest BCUT2D eigenvalue weighted by Gasteiger charge is -2.29. The van der Waals surface area contributed by atoms with Gasteiger partial charge in [0.1, 0.15) is 0 Å². The summed E-state index contributed by atoms with van der Waals surface area (Å²) in [5, 5.41) is 32.2. The Morgan fingerprint density at radius 3 is 1.50 bits per heavy atom. The van der Waals surface area contributed by atoms with E-state index < -0.39 is 39.8 Å². The molecule has 0 unspecified atom stereocenters. The maximum absolute atomic E-state index is 10.9. The van der Waals surface area contributed by atoms with Gasteiger partial charge in [-0.1, -0.05) is 0 Å². The van der Waals surface area contributed by atoms with E-state index in [-0.39, 0.29) is 19.6 Å². The quantitative estimate of drug-likeness (QED) is 0.232. The third-order valence-corrected chi connectivity index (χ3v) is 6.51. The van der Waals surface area contributed by atoms with E-state index in [1.165, 1.54) is 26.2 Å². The molecule has 0 amide bonds. The normalized spacial score (nSPS) is 11.9. The van der Waals surface area contributed by atoms with Crippen molar-refractivity contribution in [2.45, 2.75) is 12.5 Å². The number of carbonyl (C=O) groups is 3. The number of aliphatic carboxylic acids is 3. The second kappa shape index (κ2) is 12.7. The molecule has 0 fully saturated rings. The van der Waals surface area contributed by atoms with Crippen LogP contribution in [0, 0.1) is 0 Å². The van der Waals surface area contributed by atoms with Crippen LogP contribution in [-0.4, -0.2) is 97.1 Å². The van der Waals surface area contributed by atoms with Crippen molar-refractivity contribution in [2.75, 3.05) is 60.6 Å². The lowest BCUT2D eigenvalue weighted by Crippen LogP contribution is -2.48. The Hall–Kier alpha value is -1.57. The van der Waals surface area contributed by atoms with E-state index in [2.05, 4.69) is 0 Å². The van der Waals surface area contributed by atoms with Gasteiger partial charge >= 0.3 is 8.80 Å². The number of hydrogen-bond donors (Lipinski definition) is 0. The highest BCUT2D eigenvalue weighted by molar-refractivity contribution is 6.60. The lowest BCUT2D eigenvalue weighted by atomic mass is 10.3. The highest BCUT2D eigenvalue weighted by Crippen LogP contribution is 2.15. The van der Waals surface area contributed by atoms with Crippen molar-refractivity contribution in [1.82, 2.24) is 9.80 Å². The molecule has 152 valence electrons. The molecular formula is C14H25N2O9Si-3. The molecule has 0 saturated heterocycles. The van der Waals surface area contributed by atoms with Gasteiger partial charge < -0.3 is 43.0 Å². The molecule has 11 nitrogen and oxygen atoms in total. The minimum absolute atomic E-state index is 0.0106. The summed E-state index contributed by atoms with van der Waals surface area (Å²) < 4.78 is 15.8. The molecule has 0 aromatic heterocycles. The standard InChI is InChI=1S/C14H28N2O9Si/c1-23-26(24-2,25-3)8-4-5-15(9-12(17)18)6-7-16(10-13(19)20)11-14(21)22/h4-11H2,1-3H3,(H,17,18)(H,19,20)(H,21,22)/p-3. The fourth-order valence-electron chi connectivity index (χ4n) is 2.39. The lowest BCUT2D eigenvalue weighted by molar-refractivity contribution is -0.311. The van der Waals surface area contributed by atoms with E-state index in [0.29, 0.717) is 19.0 Å². The van der Waals surface area contributed by atoms with Gasteiger partial charge in [-0.25, -0.2) is 0 Å². The van der Waals surface area contributed by atoms with Crippen molar-refractivity contribution in [3.63, 3.8) is 0 Å². The van der Waals surface area contributed by atoms with Crippen molar-refractivity contribution in [1.29, 1.82) is 0 Å². The van der Waals surface area contributed by atoms with Gasteiger partial charge in [-0.15, -0.1) is 0 Å². The molecule has 0 bridgehead atoms. The molecule has 0 spiro atoms. The number of hydrogen-bond acceptors (Lipinski definition) is 11. The smallest absolute Gasteiger partial charge is 0.500 e. The zero-order valence-electron chi connectivity index (χ0n) is 15.2. The topological polar surface area (TPSA) is 155 Å². The van der Waals surface area contributed by atoms with Crippen LogP contribution >= 0.6 is 0 Å². The maximum Gasteiger partial charge on any atom is 0.500 e. The molecule has 12 heteroatoms. The highest BCUT2D eigenvalue weighted by atomic mass is 28.4. The fraction of sp³-hybridized carbons (Fsp3) is 0.786. The summed E-state index contributed by atoms with van der Waals surface area (Å²) in [4.78, 5) is 34.8. The van der Waals surface area contributed by atoms with Gasteiger partial charge in [0.2, 0.25) is 0 Å². The summed E-state index contributed by atoms with van der Waals surface area (Å²) in [7, 11) is 1.62. The first-order valence-electron chi connectivity index (χ1n) is 7.87. The molecule has 0 rings (SSSR count). The number of carboxylic acid groups (broad SMARTS) is 3. The van der Waals surface area contributed by atoms with Crippen LogP contribution in [0.15, 0.2) is 0 Å². The van der Waals surface area contributed by atoms with E-state index in [9.17, 15) is 29.7 Å². The van der Waals surface area contributed by atoms with Crippen LogP contribution in [0.1, 0.15) is 6.42 Å². The summed E-state index contributed by atoms with van der Waals surface area (Å²) in [5.41, 5.74) is 0. The van der Waals surface area contributed by atoms with E-state index in [1.807, 2.05) is 0 Å². The largest absolute Gasteiger partial charge is 0.549 e. The van der Waals surface area contributed by atoms with Gasteiger partial charge in [0.25, 0.3) is 0 Å². The molecule has 0 atom stereocenters. The van der Waals surface area contributed by atoms with Gasteiger partial charge in [-0.2, -0.15) is 0 Å². The average molecular weight is 393 g/mol. The van der Waals surface area contributed by atoms with E-state index in [1.54, 1.807) is 0 Å². The Morgan fingerprint density at radius 2 is 1.12 bits per heavy atom. The summed E-state index contributed by atoms with van der Waals surface area (Å²) in [6.07, 6.45) is 0.496. The molecular weight excluding hydrogens is 368 g/mol. The van der Waals surface area contributed by atoms with Gasteiger partial charge in [-0.3, -0.25) is 9.80 Å². The molecule has 0 aliphatic carbocycles. The zero-order valence-corrected chi connectivity index (χ0v) is 16.2. The Kier molecular flexibility index (Phi) is 12.0. The molecule has 0 aliphatic heterocycles. The van der Waals surface area contributed by atoms with Gasteiger partial charge in [0, 0.05) is 60.1 Å². The average Bonchev–Trinajstić information content (AvgIpc) is 2.55. The SMILES string of the molecule is CO[Si](CCCN(CCN(CC(=O)[O-])CC(=O)[O-])CC(=O)[O-])(OC)OC.